The normalized spacial score (nSPS) is 11.9. The molecule has 5 N–H and O–H groups in total. The van der Waals surface area contributed by atoms with Crippen molar-refractivity contribution in [3.05, 3.63) is 0 Å². The van der Waals surface area contributed by atoms with Gasteiger partial charge in [-0.05, 0) is 13.8 Å². The van der Waals surface area contributed by atoms with Gasteiger partial charge in [0, 0.05) is 6.04 Å². The molecule has 0 fully saturated rings. The summed E-state index contributed by atoms with van der Waals surface area (Å²) in [7, 11) is 0. The highest BCUT2D eigenvalue weighted by Crippen LogP contribution is 2.00. The highest BCUT2D eigenvalue weighted by atomic mass is 16.3. The van der Waals surface area contributed by atoms with Gasteiger partial charge in [0.2, 0.25) is 5.91 Å². The van der Waals surface area contributed by atoms with Crippen LogP contribution in [-0.2, 0) is 4.79 Å². The molecular formula is C9H20N2O4. The van der Waals surface area contributed by atoms with Gasteiger partial charge in [0.15, 0.2) is 0 Å². The van der Waals surface area contributed by atoms with E-state index in [1.165, 1.54) is 0 Å². The predicted octanol–water partition coefficient (Wildman–Crippen LogP) is -2.18. The molecule has 0 aliphatic rings. The lowest BCUT2D eigenvalue weighted by atomic mass is 10.0. The van der Waals surface area contributed by atoms with E-state index >= 15 is 0 Å². The molecule has 0 heterocycles. The summed E-state index contributed by atoms with van der Waals surface area (Å²) in [4.78, 5) is 11.2. The Morgan fingerprint density at radius 1 is 1.20 bits per heavy atom. The quantitative estimate of drug-likeness (QED) is 0.336. The second-order valence-electron chi connectivity index (χ2n) is 3.83. The summed E-state index contributed by atoms with van der Waals surface area (Å²) in [6.45, 7) is 2.29. The topological polar surface area (TPSA) is 102 Å². The Hall–Kier alpha value is -0.690. The minimum Gasteiger partial charge on any atom is -0.394 e. The van der Waals surface area contributed by atoms with Gasteiger partial charge >= 0.3 is 0 Å². The van der Waals surface area contributed by atoms with Gasteiger partial charge in [0.1, 0.15) is 0 Å². The Morgan fingerprint density at radius 3 is 2.00 bits per heavy atom. The fraction of sp³-hybridized carbons (Fsp3) is 0.889. The van der Waals surface area contributed by atoms with Gasteiger partial charge < -0.3 is 20.6 Å². The van der Waals surface area contributed by atoms with E-state index in [1.807, 2.05) is 13.8 Å². The molecule has 0 radical (unpaired) electrons. The molecule has 0 bridgehead atoms. The van der Waals surface area contributed by atoms with Crippen LogP contribution in [0, 0.1) is 0 Å². The maximum atomic E-state index is 11.2. The molecule has 15 heavy (non-hydrogen) atoms. The van der Waals surface area contributed by atoms with Gasteiger partial charge in [-0.25, -0.2) is 0 Å². The third kappa shape index (κ3) is 5.08. The van der Waals surface area contributed by atoms with E-state index in [0.29, 0.717) is 0 Å². The monoisotopic (exact) mass is 220 g/mol. The summed E-state index contributed by atoms with van der Waals surface area (Å²) in [5, 5.41) is 32.1. The van der Waals surface area contributed by atoms with Crippen molar-refractivity contribution >= 4 is 5.91 Å². The smallest absolute Gasteiger partial charge is 0.234 e. The van der Waals surface area contributed by atoms with Gasteiger partial charge in [0.25, 0.3) is 0 Å². The lowest BCUT2D eigenvalue weighted by Crippen LogP contribution is -2.57. The summed E-state index contributed by atoms with van der Waals surface area (Å²) < 4.78 is 0. The Kier molecular flexibility index (Phi) is 6.42. The van der Waals surface area contributed by atoms with Crippen LogP contribution in [-0.4, -0.2) is 59.2 Å². The van der Waals surface area contributed by atoms with Gasteiger partial charge in [0.05, 0.1) is 31.9 Å². The van der Waals surface area contributed by atoms with Crippen LogP contribution in [0.5, 0.6) is 0 Å². The second kappa shape index (κ2) is 6.73. The van der Waals surface area contributed by atoms with Crippen LogP contribution >= 0.6 is 0 Å². The van der Waals surface area contributed by atoms with Crippen molar-refractivity contribution < 1.29 is 20.1 Å². The second-order valence-corrected chi connectivity index (χ2v) is 3.83. The predicted molar refractivity (Wildman–Crippen MR) is 55.3 cm³/mol. The fourth-order valence-corrected chi connectivity index (χ4v) is 0.958. The van der Waals surface area contributed by atoms with Crippen molar-refractivity contribution in [2.45, 2.75) is 25.4 Å². The number of amides is 1. The van der Waals surface area contributed by atoms with E-state index in [-0.39, 0.29) is 18.5 Å². The van der Waals surface area contributed by atoms with Crippen LogP contribution in [0.2, 0.25) is 0 Å². The molecule has 0 spiro atoms. The number of nitrogens with one attached hydrogen (secondary N) is 2. The first-order valence-electron chi connectivity index (χ1n) is 4.86. The van der Waals surface area contributed by atoms with E-state index in [4.69, 9.17) is 15.3 Å². The molecule has 0 aromatic rings. The number of hydrogen-bond donors (Lipinski definition) is 5. The Morgan fingerprint density at radius 2 is 1.67 bits per heavy atom. The largest absolute Gasteiger partial charge is 0.394 e. The highest BCUT2D eigenvalue weighted by molar-refractivity contribution is 5.78. The average Bonchev–Trinajstić information content (AvgIpc) is 2.20. The summed E-state index contributed by atoms with van der Waals surface area (Å²) in [6, 6.07) is 0.0334. The number of hydrogen-bond acceptors (Lipinski definition) is 5. The van der Waals surface area contributed by atoms with Crippen LogP contribution < -0.4 is 10.6 Å². The first-order valence-corrected chi connectivity index (χ1v) is 4.86. The fourth-order valence-electron chi connectivity index (χ4n) is 0.958. The van der Waals surface area contributed by atoms with E-state index in [0.717, 1.165) is 0 Å². The minimum absolute atomic E-state index is 0.0334. The van der Waals surface area contributed by atoms with Gasteiger partial charge in [-0.2, -0.15) is 0 Å². The van der Waals surface area contributed by atoms with E-state index in [9.17, 15) is 4.79 Å². The van der Waals surface area contributed by atoms with Crippen LogP contribution in [0.3, 0.4) is 0 Å². The van der Waals surface area contributed by atoms with Crippen molar-refractivity contribution in [1.29, 1.82) is 0 Å². The van der Waals surface area contributed by atoms with Crippen LogP contribution in [0.25, 0.3) is 0 Å². The third-order valence-electron chi connectivity index (χ3n) is 1.98. The molecule has 1 amide bonds. The molecule has 90 valence electrons. The van der Waals surface area contributed by atoms with E-state index in [2.05, 4.69) is 10.6 Å². The van der Waals surface area contributed by atoms with Gasteiger partial charge in [-0.1, -0.05) is 0 Å². The average molecular weight is 220 g/mol. The van der Waals surface area contributed by atoms with Crippen molar-refractivity contribution in [1.82, 2.24) is 10.6 Å². The Balaban J connectivity index is 4.05. The molecule has 0 aromatic heterocycles. The van der Waals surface area contributed by atoms with Crippen molar-refractivity contribution in [3.63, 3.8) is 0 Å². The lowest BCUT2D eigenvalue weighted by Gasteiger charge is -2.28. The molecule has 0 aliphatic heterocycles. The zero-order valence-corrected chi connectivity index (χ0v) is 9.16. The molecule has 0 aromatic carbocycles. The number of carbonyl (C=O) groups excluding carboxylic acids is 1. The molecule has 6 heteroatoms. The lowest BCUT2D eigenvalue weighted by molar-refractivity contribution is -0.121. The summed E-state index contributed by atoms with van der Waals surface area (Å²) in [5.41, 5.74) is -1.20. The molecule has 0 saturated heterocycles. The maximum absolute atomic E-state index is 11.2. The SMILES string of the molecule is CC(C)NC(=O)CNC(CO)(CO)CO. The third-order valence-corrected chi connectivity index (χ3v) is 1.98. The van der Waals surface area contributed by atoms with Crippen molar-refractivity contribution in [2.75, 3.05) is 26.4 Å². The number of aliphatic hydroxyl groups excluding tert-OH is 3. The minimum atomic E-state index is -1.20. The molecule has 6 nitrogen and oxygen atoms in total. The summed E-state index contributed by atoms with van der Waals surface area (Å²) in [5.74, 6) is -0.246. The molecular weight excluding hydrogens is 200 g/mol. The first-order chi connectivity index (χ1) is 6.99. The van der Waals surface area contributed by atoms with Crippen LogP contribution in [0.15, 0.2) is 0 Å². The summed E-state index contributed by atoms with van der Waals surface area (Å²) in [6.07, 6.45) is 0. The number of rotatable bonds is 7. The summed E-state index contributed by atoms with van der Waals surface area (Å²) >= 11 is 0. The zero-order valence-electron chi connectivity index (χ0n) is 9.16. The standard InChI is InChI=1S/C9H20N2O4/c1-7(2)11-8(15)3-10-9(4-12,5-13)6-14/h7,10,12-14H,3-6H2,1-2H3,(H,11,15). The van der Waals surface area contributed by atoms with Crippen molar-refractivity contribution in [2.24, 2.45) is 0 Å². The molecule has 0 aliphatic carbocycles. The van der Waals surface area contributed by atoms with Gasteiger partial charge in [-0.15, -0.1) is 0 Å². The van der Waals surface area contributed by atoms with E-state index < -0.39 is 25.4 Å². The molecule has 0 atom stereocenters. The Bertz CT molecular complexity index is 184. The number of aliphatic hydroxyl groups is 3. The van der Waals surface area contributed by atoms with Crippen LogP contribution in [0.4, 0.5) is 0 Å². The maximum Gasteiger partial charge on any atom is 0.234 e. The number of carbonyl (C=O) groups is 1. The van der Waals surface area contributed by atoms with Crippen molar-refractivity contribution in [3.8, 4) is 0 Å². The molecule has 0 saturated carbocycles. The molecule has 0 unspecified atom stereocenters. The zero-order chi connectivity index (χ0) is 11.9. The van der Waals surface area contributed by atoms with Gasteiger partial charge in [-0.3, -0.25) is 10.1 Å². The molecule has 0 rings (SSSR count). The highest BCUT2D eigenvalue weighted by Gasteiger charge is 2.27. The first kappa shape index (κ1) is 14.3. The van der Waals surface area contributed by atoms with E-state index in [1.54, 1.807) is 0 Å². The Labute approximate surface area is 89.3 Å². The van der Waals surface area contributed by atoms with Crippen LogP contribution in [0.1, 0.15) is 13.8 Å².